The zero-order valence-electron chi connectivity index (χ0n) is 10.2. The van der Waals surface area contributed by atoms with Crippen molar-refractivity contribution in [3.63, 3.8) is 0 Å². The molecule has 1 aliphatic heterocycles. The molecule has 1 aromatic rings. The molecule has 2 rings (SSSR count). The lowest BCUT2D eigenvalue weighted by Crippen LogP contribution is -2.46. The number of nitrogens with zero attached hydrogens (tertiary/aromatic N) is 2. The Balaban J connectivity index is 1.92. The van der Waals surface area contributed by atoms with Crippen LogP contribution in [-0.2, 0) is 6.54 Å². The molecule has 0 aliphatic carbocycles. The summed E-state index contributed by atoms with van der Waals surface area (Å²) in [6, 6.07) is 5.70. The lowest BCUT2D eigenvalue weighted by molar-refractivity contribution is 0.133. The van der Waals surface area contributed by atoms with Gasteiger partial charge >= 0.3 is 0 Å². The van der Waals surface area contributed by atoms with E-state index in [2.05, 4.69) is 25.7 Å². The molecular weight excluding hydrogens is 335 g/mol. The monoisotopic (exact) mass is 350 g/mol. The molecule has 0 saturated carbocycles. The average molecular weight is 352 g/mol. The largest absolute Gasteiger partial charge is 0.300 e. The zero-order chi connectivity index (χ0) is 13.0. The molecule has 1 saturated heterocycles. The van der Waals surface area contributed by atoms with Gasteiger partial charge in [-0.2, -0.15) is 0 Å². The van der Waals surface area contributed by atoms with Crippen molar-refractivity contribution in [2.75, 3.05) is 38.1 Å². The van der Waals surface area contributed by atoms with Crippen LogP contribution in [0, 0.1) is 0 Å². The summed E-state index contributed by atoms with van der Waals surface area (Å²) in [5.74, 6) is 0. The minimum Gasteiger partial charge on any atom is -0.300 e. The van der Waals surface area contributed by atoms with Gasteiger partial charge < -0.3 is 0 Å². The van der Waals surface area contributed by atoms with E-state index in [1.165, 1.54) is 0 Å². The van der Waals surface area contributed by atoms with Crippen LogP contribution in [0.5, 0.6) is 0 Å². The molecule has 5 heteroatoms. The van der Waals surface area contributed by atoms with Crippen LogP contribution in [0.25, 0.3) is 0 Å². The molecule has 0 aromatic heterocycles. The fourth-order valence-electron chi connectivity index (χ4n) is 2.20. The van der Waals surface area contributed by atoms with E-state index in [1.807, 2.05) is 18.2 Å². The average Bonchev–Trinajstić information content (AvgIpc) is 2.36. The highest BCUT2D eigenvalue weighted by Crippen LogP contribution is 2.25. The standard InChI is InChI=1S/C13H17BrCl2N2/c14-4-5-17-6-8-18(9-7-17)10-11-12(15)2-1-3-13(11)16/h1-3H,4-10H2. The van der Waals surface area contributed by atoms with Crippen molar-refractivity contribution in [3.05, 3.63) is 33.8 Å². The number of hydrogen-bond donors (Lipinski definition) is 0. The van der Waals surface area contributed by atoms with E-state index in [0.717, 1.165) is 60.2 Å². The summed E-state index contributed by atoms with van der Waals surface area (Å²) in [6.45, 7) is 6.37. The number of alkyl halides is 1. The predicted molar refractivity (Wildman–Crippen MR) is 82.0 cm³/mol. The molecule has 0 amide bonds. The van der Waals surface area contributed by atoms with Gasteiger partial charge in [0.2, 0.25) is 0 Å². The number of piperazine rings is 1. The van der Waals surface area contributed by atoms with Crippen LogP contribution >= 0.6 is 39.1 Å². The molecule has 0 radical (unpaired) electrons. The second-order valence-corrected chi connectivity index (χ2v) is 6.11. The number of rotatable bonds is 4. The van der Waals surface area contributed by atoms with E-state index in [1.54, 1.807) is 0 Å². The molecule has 1 aliphatic rings. The maximum absolute atomic E-state index is 6.20. The molecule has 0 unspecified atom stereocenters. The van der Waals surface area contributed by atoms with Crippen molar-refractivity contribution in [1.82, 2.24) is 9.80 Å². The lowest BCUT2D eigenvalue weighted by atomic mass is 10.2. The molecule has 0 spiro atoms. The normalized spacial score (nSPS) is 18.2. The minimum absolute atomic E-state index is 0.769. The van der Waals surface area contributed by atoms with Gasteiger partial charge in [0.1, 0.15) is 0 Å². The van der Waals surface area contributed by atoms with Gasteiger partial charge in [0.15, 0.2) is 0 Å². The second kappa shape index (κ2) is 7.11. The van der Waals surface area contributed by atoms with Gasteiger partial charge in [0.05, 0.1) is 0 Å². The Morgan fingerprint density at radius 3 is 2.11 bits per heavy atom. The zero-order valence-corrected chi connectivity index (χ0v) is 13.3. The quantitative estimate of drug-likeness (QED) is 0.766. The Bertz CT molecular complexity index is 372. The van der Waals surface area contributed by atoms with E-state index in [-0.39, 0.29) is 0 Å². The van der Waals surface area contributed by atoms with E-state index < -0.39 is 0 Å². The molecule has 1 heterocycles. The number of hydrogen-bond acceptors (Lipinski definition) is 2. The summed E-state index contributed by atoms with van der Waals surface area (Å²) in [4.78, 5) is 4.89. The van der Waals surface area contributed by atoms with Crippen molar-refractivity contribution < 1.29 is 0 Å². The van der Waals surface area contributed by atoms with Crippen LogP contribution in [0.3, 0.4) is 0 Å². The molecular formula is C13H17BrCl2N2. The fourth-order valence-corrected chi connectivity index (χ4v) is 3.22. The highest BCUT2D eigenvalue weighted by Gasteiger charge is 2.18. The highest BCUT2D eigenvalue weighted by molar-refractivity contribution is 9.09. The summed E-state index contributed by atoms with van der Waals surface area (Å²) in [5, 5.41) is 2.58. The van der Waals surface area contributed by atoms with Crippen molar-refractivity contribution in [2.45, 2.75) is 6.54 Å². The number of halogens is 3. The van der Waals surface area contributed by atoms with Gasteiger partial charge in [-0.3, -0.25) is 9.80 Å². The summed E-state index contributed by atoms with van der Waals surface area (Å²) in [7, 11) is 0. The van der Waals surface area contributed by atoms with Gasteiger partial charge in [-0.25, -0.2) is 0 Å². The van der Waals surface area contributed by atoms with E-state index >= 15 is 0 Å². The lowest BCUT2D eigenvalue weighted by Gasteiger charge is -2.34. The number of benzene rings is 1. The first-order valence-corrected chi connectivity index (χ1v) is 8.02. The molecule has 0 bridgehead atoms. The molecule has 1 aromatic carbocycles. The van der Waals surface area contributed by atoms with Gasteiger partial charge in [-0.1, -0.05) is 45.2 Å². The first kappa shape index (κ1) is 14.6. The van der Waals surface area contributed by atoms with E-state index in [0.29, 0.717) is 0 Å². The van der Waals surface area contributed by atoms with Crippen LogP contribution in [0.4, 0.5) is 0 Å². The predicted octanol–water partition coefficient (Wildman–Crippen LogP) is 3.51. The molecule has 0 N–H and O–H groups in total. The fraction of sp³-hybridized carbons (Fsp3) is 0.538. The third kappa shape index (κ3) is 3.84. The Labute approximate surface area is 127 Å². The summed E-state index contributed by atoms with van der Waals surface area (Å²) in [6.07, 6.45) is 0. The Morgan fingerprint density at radius 1 is 1.00 bits per heavy atom. The second-order valence-electron chi connectivity index (χ2n) is 4.51. The molecule has 2 nitrogen and oxygen atoms in total. The first-order valence-electron chi connectivity index (χ1n) is 6.14. The maximum atomic E-state index is 6.20. The first-order chi connectivity index (χ1) is 8.70. The van der Waals surface area contributed by atoms with Gasteiger partial charge in [0, 0.05) is 60.2 Å². The van der Waals surface area contributed by atoms with Crippen LogP contribution in [0.2, 0.25) is 10.0 Å². The van der Waals surface area contributed by atoms with Crippen LogP contribution in [-0.4, -0.2) is 47.9 Å². The minimum atomic E-state index is 0.769. The highest BCUT2D eigenvalue weighted by atomic mass is 79.9. The summed E-state index contributed by atoms with van der Waals surface area (Å²) in [5.41, 5.74) is 1.05. The molecule has 1 fully saturated rings. The molecule has 18 heavy (non-hydrogen) atoms. The van der Waals surface area contributed by atoms with Crippen LogP contribution in [0.1, 0.15) is 5.56 Å². The Hall–Kier alpha value is 0.200. The maximum Gasteiger partial charge on any atom is 0.0465 e. The Kier molecular flexibility index (Phi) is 5.77. The van der Waals surface area contributed by atoms with Crippen LogP contribution in [0.15, 0.2) is 18.2 Å². The summed E-state index contributed by atoms with van der Waals surface area (Å²) < 4.78 is 0. The third-order valence-electron chi connectivity index (χ3n) is 3.31. The van der Waals surface area contributed by atoms with Crippen molar-refractivity contribution in [2.24, 2.45) is 0 Å². The SMILES string of the molecule is Clc1cccc(Cl)c1CN1CCN(CCBr)CC1. The molecule has 0 atom stereocenters. The van der Waals surface area contributed by atoms with E-state index in [9.17, 15) is 0 Å². The van der Waals surface area contributed by atoms with Crippen molar-refractivity contribution in [3.8, 4) is 0 Å². The van der Waals surface area contributed by atoms with E-state index in [4.69, 9.17) is 23.2 Å². The van der Waals surface area contributed by atoms with Crippen LogP contribution < -0.4 is 0 Å². The third-order valence-corrected chi connectivity index (χ3v) is 4.37. The van der Waals surface area contributed by atoms with Crippen molar-refractivity contribution in [1.29, 1.82) is 0 Å². The topological polar surface area (TPSA) is 6.48 Å². The van der Waals surface area contributed by atoms with Gasteiger partial charge in [0.25, 0.3) is 0 Å². The Morgan fingerprint density at radius 2 is 1.56 bits per heavy atom. The van der Waals surface area contributed by atoms with Gasteiger partial charge in [-0.15, -0.1) is 0 Å². The van der Waals surface area contributed by atoms with Crippen molar-refractivity contribution >= 4 is 39.1 Å². The molecule has 100 valence electrons. The van der Waals surface area contributed by atoms with Gasteiger partial charge in [-0.05, 0) is 12.1 Å². The summed E-state index contributed by atoms with van der Waals surface area (Å²) >= 11 is 15.9. The smallest absolute Gasteiger partial charge is 0.0465 e.